The van der Waals surface area contributed by atoms with Gasteiger partial charge in [0.2, 0.25) is 5.91 Å². The van der Waals surface area contributed by atoms with Gasteiger partial charge in [-0.3, -0.25) is 4.79 Å². The van der Waals surface area contributed by atoms with Gasteiger partial charge in [0.05, 0.1) is 16.1 Å². The summed E-state index contributed by atoms with van der Waals surface area (Å²) in [6.45, 7) is 9.14. The van der Waals surface area contributed by atoms with Crippen LogP contribution in [0.2, 0.25) is 0 Å². The Labute approximate surface area is 192 Å². The highest BCUT2D eigenvalue weighted by Gasteiger charge is 2.32. The zero-order valence-electron chi connectivity index (χ0n) is 18.7. The Hall–Kier alpha value is -2.67. The summed E-state index contributed by atoms with van der Waals surface area (Å²) < 4.78 is 14.4. The molecule has 0 saturated carbocycles. The number of aromatic nitrogens is 1. The largest absolute Gasteiger partial charge is 0.368 e. The summed E-state index contributed by atoms with van der Waals surface area (Å²) in [4.78, 5) is 24.7. The summed E-state index contributed by atoms with van der Waals surface area (Å²) >= 11 is 1.51. The highest BCUT2D eigenvalue weighted by atomic mass is 32.1. The average molecular weight is 453 g/mol. The number of piperazine rings is 1. The minimum Gasteiger partial charge on any atom is -0.368 e. The van der Waals surface area contributed by atoms with E-state index in [-0.39, 0.29) is 17.6 Å². The molecule has 5 nitrogen and oxygen atoms in total. The van der Waals surface area contributed by atoms with Crippen molar-refractivity contribution >= 4 is 38.3 Å². The zero-order valence-corrected chi connectivity index (χ0v) is 19.5. The predicted molar refractivity (Wildman–Crippen MR) is 129 cm³/mol. The van der Waals surface area contributed by atoms with Crippen molar-refractivity contribution in [2.24, 2.45) is 5.92 Å². The van der Waals surface area contributed by atoms with Crippen LogP contribution >= 0.6 is 11.3 Å². The number of aryl methyl sites for hydroxylation is 2. The molecule has 2 saturated heterocycles. The molecule has 0 bridgehead atoms. The zero-order chi connectivity index (χ0) is 22.2. The smallest absolute Gasteiger partial charge is 0.227 e. The summed E-state index contributed by atoms with van der Waals surface area (Å²) in [5.41, 5.74) is 4.66. The van der Waals surface area contributed by atoms with E-state index in [4.69, 9.17) is 0 Å². The van der Waals surface area contributed by atoms with Gasteiger partial charge in [-0.1, -0.05) is 23.5 Å². The van der Waals surface area contributed by atoms with Crippen LogP contribution < -0.4 is 9.80 Å². The van der Waals surface area contributed by atoms with Gasteiger partial charge in [-0.25, -0.2) is 9.37 Å². The number of amides is 1. The van der Waals surface area contributed by atoms with Gasteiger partial charge < -0.3 is 14.7 Å². The molecular formula is C25H29FN4OS. The highest BCUT2D eigenvalue weighted by molar-refractivity contribution is 7.22. The number of fused-ring (bicyclic) bond motifs is 1. The Balaban J connectivity index is 1.23. The van der Waals surface area contributed by atoms with Crippen LogP contribution in [0.15, 0.2) is 36.4 Å². The minimum absolute atomic E-state index is 0.000228. The molecule has 5 rings (SSSR count). The fourth-order valence-electron chi connectivity index (χ4n) is 4.86. The first-order valence-electron chi connectivity index (χ1n) is 11.4. The number of hydrogen-bond acceptors (Lipinski definition) is 5. The lowest BCUT2D eigenvalue weighted by Crippen LogP contribution is -2.52. The summed E-state index contributed by atoms with van der Waals surface area (Å²) in [7, 11) is 0. The molecule has 1 aromatic heterocycles. The minimum atomic E-state index is -0.237. The standard InChI is InChI=1S/C25H29FN4OS/c1-17-5-6-18(2)22(14-17)28-10-12-29(13-11-28)24(31)19-4-3-9-30(16-19)25-27-21-8-7-20(26)15-23(21)32-25/h5-8,14-15,19H,3-4,9-13,16H2,1-2H3. The monoisotopic (exact) mass is 452 g/mol. The molecule has 0 N–H and O–H groups in total. The summed E-state index contributed by atoms with van der Waals surface area (Å²) in [6.07, 6.45) is 1.90. The topological polar surface area (TPSA) is 39.7 Å². The van der Waals surface area contributed by atoms with Crippen molar-refractivity contribution in [3.63, 3.8) is 0 Å². The van der Waals surface area contributed by atoms with Crippen molar-refractivity contribution in [3.05, 3.63) is 53.3 Å². The van der Waals surface area contributed by atoms with E-state index in [2.05, 4.69) is 46.8 Å². The van der Waals surface area contributed by atoms with E-state index in [0.29, 0.717) is 6.54 Å². The summed E-state index contributed by atoms with van der Waals surface area (Å²) in [6, 6.07) is 11.3. The second-order valence-electron chi connectivity index (χ2n) is 9.00. The maximum Gasteiger partial charge on any atom is 0.227 e. The molecule has 0 spiro atoms. The fourth-order valence-corrected chi connectivity index (χ4v) is 5.89. The van der Waals surface area contributed by atoms with Crippen LogP contribution in [0.5, 0.6) is 0 Å². The molecular weight excluding hydrogens is 423 g/mol. The van der Waals surface area contributed by atoms with Crippen LogP contribution in [-0.4, -0.2) is 55.1 Å². The Morgan fingerprint density at radius 3 is 2.66 bits per heavy atom. The number of nitrogens with zero attached hydrogens (tertiary/aromatic N) is 4. The van der Waals surface area contributed by atoms with E-state index in [1.54, 1.807) is 12.1 Å². The lowest BCUT2D eigenvalue weighted by Gasteiger charge is -2.40. The number of halogens is 1. The van der Waals surface area contributed by atoms with Gasteiger partial charge in [0.25, 0.3) is 0 Å². The van der Waals surface area contributed by atoms with Gasteiger partial charge in [-0.15, -0.1) is 0 Å². The Bertz CT molecular complexity index is 1140. The van der Waals surface area contributed by atoms with E-state index in [0.717, 1.165) is 60.9 Å². The Morgan fingerprint density at radius 2 is 1.84 bits per heavy atom. The number of anilines is 2. The van der Waals surface area contributed by atoms with Crippen LogP contribution in [0.3, 0.4) is 0 Å². The summed E-state index contributed by atoms with van der Waals surface area (Å²) in [5.74, 6) is 0.0293. The van der Waals surface area contributed by atoms with Crippen molar-refractivity contribution in [1.82, 2.24) is 9.88 Å². The first-order valence-corrected chi connectivity index (χ1v) is 12.2. The van der Waals surface area contributed by atoms with Crippen molar-refractivity contribution < 1.29 is 9.18 Å². The number of carbonyl (C=O) groups is 1. The van der Waals surface area contributed by atoms with E-state index < -0.39 is 0 Å². The molecule has 32 heavy (non-hydrogen) atoms. The molecule has 0 radical (unpaired) electrons. The second-order valence-corrected chi connectivity index (χ2v) is 10.0. The number of rotatable bonds is 3. The van der Waals surface area contributed by atoms with Gasteiger partial charge in [0.1, 0.15) is 5.82 Å². The number of piperidine rings is 1. The second kappa shape index (κ2) is 8.70. The average Bonchev–Trinajstić information content (AvgIpc) is 3.24. The molecule has 1 amide bonds. The van der Waals surface area contributed by atoms with Crippen LogP contribution in [0.1, 0.15) is 24.0 Å². The molecule has 168 valence electrons. The Morgan fingerprint density at radius 1 is 1.03 bits per heavy atom. The number of carbonyl (C=O) groups excluding carboxylic acids is 1. The predicted octanol–water partition coefficient (Wildman–Crippen LogP) is 4.62. The van der Waals surface area contributed by atoms with Crippen molar-refractivity contribution in [2.45, 2.75) is 26.7 Å². The molecule has 7 heteroatoms. The van der Waals surface area contributed by atoms with Crippen LogP contribution in [0.25, 0.3) is 10.2 Å². The Kier molecular flexibility index (Phi) is 5.76. The third-order valence-corrected chi connectivity index (χ3v) is 7.76. The molecule has 0 aliphatic carbocycles. The lowest BCUT2D eigenvalue weighted by molar-refractivity contribution is -0.136. The number of hydrogen-bond donors (Lipinski definition) is 0. The first kappa shape index (κ1) is 21.2. The molecule has 2 aromatic carbocycles. The van der Waals surface area contributed by atoms with Gasteiger partial charge >= 0.3 is 0 Å². The SMILES string of the molecule is Cc1ccc(C)c(N2CCN(C(=O)C3CCCN(c4nc5ccc(F)cc5s4)C3)CC2)c1. The van der Waals surface area contributed by atoms with Crippen molar-refractivity contribution in [3.8, 4) is 0 Å². The van der Waals surface area contributed by atoms with E-state index in [1.165, 1.54) is 34.2 Å². The van der Waals surface area contributed by atoms with Gasteiger partial charge in [-0.05, 0) is 62.1 Å². The normalized spacial score (nSPS) is 19.6. The molecule has 3 aromatic rings. The van der Waals surface area contributed by atoms with E-state index >= 15 is 0 Å². The number of thiazole rings is 1. The third kappa shape index (κ3) is 4.18. The molecule has 1 unspecified atom stereocenters. The van der Waals surface area contributed by atoms with Crippen molar-refractivity contribution in [2.75, 3.05) is 49.1 Å². The third-order valence-electron chi connectivity index (χ3n) is 6.68. The van der Waals surface area contributed by atoms with Gasteiger partial charge in [0.15, 0.2) is 5.13 Å². The number of benzene rings is 2. The van der Waals surface area contributed by atoms with Gasteiger partial charge in [0, 0.05) is 45.0 Å². The van der Waals surface area contributed by atoms with Gasteiger partial charge in [-0.2, -0.15) is 0 Å². The maximum absolute atomic E-state index is 13.6. The first-order chi connectivity index (χ1) is 15.5. The van der Waals surface area contributed by atoms with Crippen LogP contribution in [0, 0.1) is 25.6 Å². The van der Waals surface area contributed by atoms with Crippen molar-refractivity contribution in [1.29, 1.82) is 0 Å². The highest BCUT2D eigenvalue weighted by Crippen LogP contribution is 2.32. The molecule has 2 aliphatic heterocycles. The van der Waals surface area contributed by atoms with E-state index in [9.17, 15) is 9.18 Å². The van der Waals surface area contributed by atoms with Crippen LogP contribution in [0.4, 0.5) is 15.2 Å². The summed E-state index contributed by atoms with van der Waals surface area (Å²) in [5, 5.41) is 0.892. The fraction of sp³-hybridized carbons (Fsp3) is 0.440. The molecule has 1 atom stereocenters. The molecule has 3 heterocycles. The quantitative estimate of drug-likeness (QED) is 0.582. The maximum atomic E-state index is 13.6. The van der Waals surface area contributed by atoms with Crippen LogP contribution in [-0.2, 0) is 4.79 Å². The molecule has 2 fully saturated rings. The lowest BCUT2D eigenvalue weighted by atomic mass is 9.96. The molecule has 2 aliphatic rings. The van der Waals surface area contributed by atoms with E-state index in [1.807, 2.05) is 4.90 Å².